The maximum Gasteiger partial charge on any atom is 0.261 e. The SMILES string of the molecule is CCc1ccc(NC(=O)c2cnn(C)c2N)cc1. The minimum absolute atomic E-state index is 0.246. The smallest absolute Gasteiger partial charge is 0.261 e. The molecular weight excluding hydrogens is 228 g/mol. The summed E-state index contributed by atoms with van der Waals surface area (Å²) in [6.07, 6.45) is 2.44. The number of rotatable bonds is 3. The van der Waals surface area contributed by atoms with Crippen molar-refractivity contribution < 1.29 is 4.79 Å². The van der Waals surface area contributed by atoms with Gasteiger partial charge in [0.2, 0.25) is 0 Å². The number of nitrogen functional groups attached to an aromatic ring is 1. The average Bonchev–Trinajstić information content (AvgIpc) is 2.71. The van der Waals surface area contributed by atoms with Gasteiger partial charge in [0.25, 0.3) is 5.91 Å². The summed E-state index contributed by atoms with van der Waals surface area (Å²) < 4.78 is 1.47. The Labute approximate surface area is 106 Å². The molecule has 0 saturated heterocycles. The van der Waals surface area contributed by atoms with Crippen LogP contribution >= 0.6 is 0 Å². The van der Waals surface area contributed by atoms with Crippen LogP contribution in [-0.4, -0.2) is 15.7 Å². The first-order valence-electron chi connectivity index (χ1n) is 5.79. The van der Waals surface area contributed by atoms with Crippen LogP contribution in [0, 0.1) is 0 Å². The lowest BCUT2D eigenvalue weighted by Gasteiger charge is -2.05. The van der Waals surface area contributed by atoms with E-state index in [4.69, 9.17) is 5.73 Å². The van der Waals surface area contributed by atoms with Gasteiger partial charge in [-0.05, 0) is 24.1 Å². The topological polar surface area (TPSA) is 72.9 Å². The summed E-state index contributed by atoms with van der Waals surface area (Å²) in [4.78, 5) is 12.0. The lowest BCUT2D eigenvalue weighted by molar-refractivity contribution is 0.102. The summed E-state index contributed by atoms with van der Waals surface area (Å²) in [6, 6.07) is 7.73. The zero-order valence-electron chi connectivity index (χ0n) is 10.5. The van der Waals surface area contributed by atoms with Crippen LogP contribution in [0.2, 0.25) is 0 Å². The third-order valence-corrected chi connectivity index (χ3v) is 2.85. The van der Waals surface area contributed by atoms with E-state index in [0.717, 1.165) is 12.1 Å². The molecule has 3 N–H and O–H groups in total. The molecule has 0 aliphatic carbocycles. The minimum atomic E-state index is -0.246. The van der Waals surface area contributed by atoms with Crippen molar-refractivity contribution in [1.29, 1.82) is 0 Å². The molecule has 0 radical (unpaired) electrons. The fourth-order valence-corrected chi connectivity index (χ4v) is 1.64. The van der Waals surface area contributed by atoms with E-state index in [0.29, 0.717) is 11.4 Å². The first kappa shape index (κ1) is 12.2. The third-order valence-electron chi connectivity index (χ3n) is 2.85. The highest BCUT2D eigenvalue weighted by molar-refractivity contribution is 6.07. The van der Waals surface area contributed by atoms with E-state index in [-0.39, 0.29) is 5.91 Å². The highest BCUT2D eigenvalue weighted by Gasteiger charge is 2.13. The minimum Gasteiger partial charge on any atom is -0.383 e. The monoisotopic (exact) mass is 244 g/mol. The molecule has 0 saturated carbocycles. The first-order valence-corrected chi connectivity index (χ1v) is 5.79. The number of hydrogen-bond acceptors (Lipinski definition) is 3. The van der Waals surface area contributed by atoms with E-state index in [1.54, 1.807) is 7.05 Å². The number of aryl methyl sites for hydroxylation is 2. The van der Waals surface area contributed by atoms with Crippen LogP contribution in [0.3, 0.4) is 0 Å². The highest BCUT2D eigenvalue weighted by atomic mass is 16.1. The molecule has 0 spiro atoms. The van der Waals surface area contributed by atoms with Crippen LogP contribution in [0.15, 0.2) is 30.5 Å². The van der Waals surface area contributed by atoms with Gasteiger partial charge >= 0.3 is 0 Å². The molecule has 2 rings (SSSR count). The number of hydrogen-bond donors (Lipinski definition) is 2. The van der Waals surface area contributed by atoms with Gasteiger partial charge in [-0.1, -0.05) is 19.1 Å². The van der Waals surface area contributed by atoms with Crippen LogP contribution in [0.1, 0.15) is 22.8 Å². The van der Waals surface area contributed by atoms with E-state index >= 15 is 0 Å². The van der Waals surface area contributed by atoms with Gasteiger partial charge < -0.3 is 11.1 Å². The van der Waals surface area contributed by atoms with Gasteiger partial charge in [0.1, 0.15) is 11.4 Å². The molecule has 0 fully saturated rings. The normalized spacial score (nSPS) is 10.3. The molecule has 2 aromatic rings. The van der Waals surface area contributed by atoms with Crippen molar-refractivity contribution in [3.8, 4) is 0 Å². The van der Waals surface area contributed by atoms with Crippen molar-refractivity contribution in [2.45, 2.75) is 13.3 Å². The Bertz CT molecular complexity index is 557. The van der Waals surface area contributed by atoms with Crippen LogP contribution < -0.4 is 11.1 Å². The Balaban J connectivity index is 2.13. The second kappa shape index (κ2) is 4.91. The first-order chi connectivity index (χ1) is 8.61. The number of nitrogens with one attached hydrogen (secondary N) is 1. The molecule has 94 valence electrons. The Hall–Kier alpha value is -2.30. The number of carbonyl (C=O) groups excluding carboxylic acids is 1. The Kier molecular flexibility index (Phi) is 3.32. The van der Waals surface area contributed by atoms with Gasteiger partial charge in [0.15, 0.2) is 0 Å². The average molecular weight is 244 g/mol. The lowest BCUT2D eigenvalue weighted by atomic mass is 10.1. The van der Waals surface area contributed by atoms with Crippen LogP contribution in [0.4, 0.5) is 11.5 Å². The molecular formula is C13H16N4O. The molecule has 0 atom stereocenters. The maximum absolute atomic E-state index is 12.0. The van der Waals surface area contributed by atoms with E-state index in [1.807, 2.05) is 24.3 Å². The second-order valence-electron chi connectivity index (χ2n) is 4.07. The summed E-state index contributed by atoms with van der Waals surface area (Å²) in [6.45, 7) is 2.09. The quantitative estimate of drug-likeness (QED) is 0.865. The Morgan fingerprint density at radius 2 is 2.06 bits per heavy atom. The molecule has 1 amide bonds. The summed E-state index contributed by atoms with van der Waals surface area (Å²) >= 11 is 0. The van der Waals surface area contributed by atoms with Gasteiger partial charge in [-0.3, -0.25) is 9.48 Å². The number of benzene rings is 1. The Morgan fingerprint density at radius 1 is 1.39 bits per heavy atom. The van der Waals surface area contributed by atoms with E-state index in [9.17, 15) is 4.79 Å². The van der Waals surface area contributed by atoms with Crippen molar-refractivity contribution >= 4 is 17.4 Å². The fraction of sp³-hybridized carbons (Fsp3) is 0.231. The van der Waals surface area contributed by atoms with Crippen LogP contribution in [-0.2, 0) is 13.5 Å². The zero-order chi connectivity index (χ0) is 13.1. The van der Waals surface area contributed by atoms with Crippen molar-refractivity contribution in [3.05, 3.63) is 41.6 Å². The number of carbonyl (C=O) groups is 1. The predicted octanol–water partition coefficient (Wildman–Crippen LogP) is 1.82. The fourth-order valence-electron chi connectivity index (χ4n) is 1.64. The molecule has 1 aromatic carbocycles. The molecule has 0 aliphatic heterocycles. The van der Waals surface area contributed by atoms with Crippen LogP contribution in [0.25, 0.3) is 0 Å². The molecule has 1 heterocycles. The van der Waals surface area contributed by atoms with Crippen molar-refractivity contribution in [2.75, 3.05) is 11.1 Å². The van der Waals surface area contributed by atoms with E-state index < -0.39 is 0 Å². The number of anilines is 2. The zero-order valence-corrected chi connectivity index (χ0v) is 10.5. The van der Waals surface area contributed by atoms with E-state index in [1.165, 1.54) is 16.4 Å². The molecule has 0 bridgehead atoms. The summed E-state index contributed by atoms with van der Waals surface area (Å²) in [5, 5.41) is 6.73. The number of nitrogens with two attached hydrogens (primary N) is 1. The van der Waals surface area contributed by atoms with Gasteiger partial charge in [-0.2, -0.15) is 5.10 Å². The largest absolute Gasteiger partial charge is 0.383 e. The number of nitrogens with zero attached hydrogens (tertiary/aromatic N) is 2. The van der Waals surface area contributed by atoms with Crippen LogP contribution in [0.5, 0.6) is 0 Å². The maximum atomic E-state index is 12.0. The molecule has 0 aliphatic rings. The molecule has 1 aromatic heterocycles. The predicted molar refractivity (Wildman–Crippen MR) is 71.4 cm³/mol. The molecule has 5 nitrogen and oxygen atoms in total. The summed E-state index contributed by atoms with van der Waals surface area (Å²) in [5.41, 5.74) is 8.11. The Morgan fingerprint density at radius 3 is 2.56 bits per heavy atom. The van der Waals surface area contributed by atoms with Crippen molar-refractivity contribution in [1.82, 2.24) is 9.78 Å². The van der Waals surface area contributed by atoms with Gasteiger partial charge in [-0.15, -0.1) is 0 Å². The number of amides is 1. The third kappa shape index (κ3) is 2.34. The van der Waals surface area contributed by atoms with Crippen molar-refractivity contribution in [3.63, 3.8) is 0 Å². The van der Waals surface area contributed by atoms with E-state index in [2.05, 4.69) is 17.3 Å². The summed E-state index contributed by atoms with van der Waals surface area (Å²) in [7, 11) is 1.70. The molecule has 0 unspecified atom stereocenters. The van der Waals surface area contributed by atoms with Gasteiger partial charge in [0, 0.05) is 12.7 Å². The highest BCUT2D eigenvalue weighted by Crippen LogP contribution is 2.14. The summed E-state index contributed by atoms with van der Waals surface area (Å²) in [5.74, 6) is 0.113. The van der Waals surface area contributed by atoms with Crippen molar-refractivity contribution in [2.24, 2.45) is 7.05 Å². The lowest BCUT2D eigenvalue weighted by Crippen LogP contribution is -2.13. The van der Waals surface area contributed by atoms with Gasteiger partial charge in [0.05, 0.1) is 6.20 Å². The van der Waals surface area contributed by atoms with Gasteiger partial charge in [-0.25, -0.2) is 0 Å². The molecule has 5 heteroatoms. The number of aromatic nitrogens is 2. The second-order valence-corrected chi connectivity index (χ2v) is 4.07. The standard InChI is InChI=1S/C13H16N4O/c1-3-9-4-6-10(7-5-9)16-13(18)11-8-15-17(2)12(11)14/h4-8H,3,14H2,1-2H3,(H,16,18). The molecule has 18 heavy (non-hydrogen) atoms.